The summed E-state index contributed by atoms with van der Waals surface area (Å²) in [6.45, 7) is 0.637. The number of hydrogen-bond acceptors (Lipinski definition) is 2. The molecule has 0 aliphatic heterocycles. The lowest BCUT2D eigenvalue weighted by molar-refractivity contribution is 0.659. The van der Waals surface area contributed by atoms with Crippen LogP contribution in [-0.2, 0) is 13.5 Å². The molecule has 1 unspecified atom stereocenters. The molecule has 0 spiro atoms. The van der Waals surface area contributed by atoms with Gasteiger partial charge in [0.15, 0.2) is 0 Å². The van der Waals surface area contributed by atoms with Crippen molar-refractivity contribution in [3.05, 3.63) is 52.3 Å². The minimum atomic E-state index is 0.331. The third kappa shape index (κ3) is 3.17. The van der Waals surface area contributed by atoms with Gasteiger partial charge in [-0.25, -0.2) is 0 Å². The highest BCUT2D eigenvalue weighted by molar-refractivity contribution is 9.10. The predicted octanol–water partition coefficient (Wildman–Crippen LogP) is 2.47. The number of hydrogen-bond donors (Lipinski definition) is 1. The van der Waals surface area contributed by atoms with Crippen LogP contribution in [0.4, 0.5) is 0 Å². The van der Waals surface area contributed by atoms with Crippen LogP contribution >= 0.6 is 15.9 Å². The van der Waals surface area contributed by atoms with Gasteiger partial charge in [-0.05, 0) is 36.7 Å². The van der Waals surface area contributed by atoms with E-state index in [0.717, 1.165) is 16.6 Å². The summed E-state index contributed by atoms with van der Waals surface area (Å²) in [6.07, 6.45) is 2.85. The molecule has 3 nitrogen and oxygen atoms in total. The first-order valence-corrected chi connectivity index (χ1v) is 6.42. The van der Waals surface area contributed by atoms with Gasteiger partial charge in [-0.15, -0.1) is 0 Å². The molecule has 0 radical (unpaired) electrons. The van der Waals surface area contributed by atoms with Crippen LogP contribution in [0.25, 0.3) is 0 Å². The maximum Gasteiger partial charge on any atom is 0.0631 e. The van der Waals surface area contributed by atoms with E-state index in [4.69, 9.17) is 5.73 Å². The zero-order valence-corrected chi connectivity index (χ0v) is 11.4. The van der Waals surface area contributed by atoms with Gasteiger partial charge in [-0.2, -0.15) is 5.10 Å². The van der Waals surface area contributed by atoms with Gasteiger partial charge in [-0.1, -0.05) is 28.1 Å². The molecule has 4 heteroatoms. The summed E-state index contributed by atoms with van der Waals surface area (Å²) in [5, 5.41) is 4.39. The number of benzene rings is 1. The van der Waals surface area contributed by atoms with E-state index in [1.165, 1.54) is 5.56 Å². The van der Waals surface area contributed by atoms with Crippen molar-refractivity contribution in [2.24, 2.45) is 12.8 Å². The number of rotatable bonds is 4. The molecule has 0 amide bonds. The molecule has 1 aromatic carbocycles. The Labute approximate surface area is 110 Å². The Morgan fingerprint density at radius 2 is 2.00 bits per heavy atom. The second-order valence-electron chi connectivity index (χ2n) is 4.17. The van der Waals surface area contributed by atoms with Crippen LogP contribution in [0.1, 0.15) is 17.2 Å². The predicted molar refractivity (Wildman–Crippen MR) is 72.8 cm³/mol. The van der Waals surface area contributed by atoms with Crippen LogP contribution in [0.15, 0.2) is 41.0 Å². The minimum Gasteiger partial charge on any atom is -0.330 e. The Morgan fingerprint density at radius 1 is 1.29 bits per heavy atom. The number of nitrogens with two attached hydrogens (primary N) is 1. The Kier molecular flexibility index (Phi) is 3.97. The first kappa shape index (κ1) is 12.3. The number of halogens is 1. The lowest BCUT2D eigenvalue weighted by Gasteiger charge is -2.13. The zero-order chi connectivity index (χ0) is 12.3. The van der Waals surface area contributed by atoms with Crippen molar-refractivity contribution in [1.29, 1.82) is 0 Å². The quantitative estimate of drug-likeness (QED) is 0.941. The summed E-state index contributed by atoms with van der Waals surface area (Å²) in [5.74, 6) is 0.331. The van der Waals surface area contributed by atoms with E-state index in [-0.39, 0.29) is 0 Å². The molecule has 0 aliphatic rings. The van der Waals surface area contributed by atoms with Gasteiger partial charge in [0.2, 0.25) is 0 Å². The van der Waals surface area contributed by atoms with Gasteiger partial charge in [0, 0.05) is 23.6 Å². The van der Waals surface area contributed by atoms with Gasteiger partial charge < -0.3 is 5.73 Å². The Bertz CT molecular complexity index is 476. The highest BCUT2D eigenvalue weighted by atomic mass is 79.9. The van der Waals surface area contributed by atoms with E-state index >= 15 is 0 Å². The molecule has 2 aromatic rings. The molecule has 0 fully saturated rings. The SMILES string of the molecule is Cn1ccc(CC(CN)c2ccc(Br)cc2)n1. The Morgan fingerprint density at radius 3 is 2.53 bits per heavy atom. The third-order valence-electron chi connectivity index (χ3n) is 2.85. The fraction of sp³-hybridized carbons (Fsp3) is 0.308. The summed E-state index contributed by atoms with van der Waals surface area (Å²) >= 11 is 3.44. The number of aromatic nitrogens is 2. The summed E-state index contributed by atoms with van der Waals surface area (Å²) < 4.78 is 2.92. The first-order chi connectivity index (χ1) is 8.19. The second kappa shape index (κ2) is 5.47. The average Bonchev–Trinajstić information content (AvgIpc) is 2.73. The van der Waals surface area contributed by atoms with Crippen molar-refractivity contribution >= 4 is 15.9 Å². The largest absolute Gasteiger partial charge is 0.330 e. The van der Waals surface area contributed by atoms with Crippen LogP contribution in [0.5, 0.6) is 0 Å². The molecular formula is C13H16BrN3. The standard InChI is InChI=1S/C13H16BrN3/c1-17-7-6-13(16-17)8-11(9-15)10-2-4-12(14)5-3-10/h2-7,11H,8-9,15H2,1H3. The fourth-order valence-corrected chi connectivity index (χ4v) is 2.16. The highest BCUT2D eigenvalue weighted by Gasteiger charge is 2.12. The molecule has 0 saturated carbocycles. The van der Waals surface area contributed by atoms with Crippen molar-refractivity contribution in [3.63, 3.8) is 0 Å². The summed E-state index contributed by atoms with van der Waals surface area (Å²) in [5.41, 5.74) is 8.21. The van der Waals surface area contributed by atoms with Crippen LogP contribution < -0.4 is 5.73 Å². The molecule has 2 rings (SSSR count). The van der Waals surface area contributed by atoms with Crippen LogP contribution in [0.3, 0.4) is 0 Å². The zero-order valence-electron chi connectivity index (χ0n) is 9.81. The van der Waals surface area contributed by atoms with Crippen molar-refractivity contribution < 1.29 is 0 Å². The Balaban J connectivity index is 2.13. The average molecular weight is 294 g/mol. The van der Waals surface area contributed by atoms with Crippen molar-refractivity contribution in [2.75, 3.05) is 6.54 Å². The van der Waals surface area contributed by atoms with E-state index in [1.54, 1.807) is 0 Å². The molecule has 2 N–H and O–H groups in total. The normalized spacial score (nSPS) is 12.6. The molecule has 0 saturated heterocycles. The van der Waals surface area contributed by atoms with E-state index < -0.39 is 0 Å². The van der Waals surface area contributed by atoms with Crippen molar-refractivity contribution in [1.82, 2.24) is 9.78 Å². The second-order valence-corrected chi connectivity index (χ2v) is 5.08. The van der Waals surface area contributed by atoms with Crippen molar-refractivity contribution in [2.45, 2.75) is 12.3 Å². The molecule has 17 heavy (non-hydrogen) atoms. The van der Waals surface area contributed by atoms with E-state index in [2.05, 4.69) is 45.3 Å². The van der Waals surface area contributed by atoms with Crippen LogP contribution in [0, 0.1) is 0 Å². The molecule has 90 valence electrons. The Hall–Kier alpha value is -1.13. The van der Waals surface area contributed by atoms with Crippen LogP contribution in [0.2, 0.25) is 0 Å². The maximum atomic E-state index is 5.85. The summed E-state index contributed by atoms with van der Waals surface area (Å²) in [4.78, 5) is 0. The first-order valence-electron chi connectivity index (χ1n) is 5.63. The molecule has 0 bridgehead atoms. The fourth-order valence-electron chi connectivity index (χ4n) is 1.90. The molecular weight excluding hydrogens is 278 g/mol. The van der Waals surface area contributed by atoms with E-state index in [1.807, 2.05) is 24.0 Å². The van der Waals surface area contributed by atoms with Gasteiger partial charge in [-0.3, -0.25) is 4.68 Å². The smallest absolute Gasteiger partial charge is 0.0631 e. The van der Waals surface area contributed by atoms with Gasteiger partial charge >= 0.3 is 0 Å². The van der Waals surface area contributed by atoms with Crippen molar-refractivity contribution in [3.8, 4) is 0 Å². The summed E-state index contributed by atoms with van der Waals surface area (Å²) in [6, 6.07) is 10.4. The highest BCUT2D eigenvalue weighted by Crippen LogP contribution is 2.21. The molecule has 0 aliphatic carbocycles. The lowest BCUT2D eigenvalue weighted by atomic mass is 9.94. The molecule has 1 aromatic heterocycles. The molecule has 1 heterocycles. The minimum absolute atomic E-state index is 0.331. The van der Waals surface area contributed by atoms with Crippen LogP contribution in [-0.4, -0.2) is 16.3 Å². The molecule has 1 atom stereocenters. The third-order valence-corrected chi connectivity index (χ3v) is 3.38. The van der Waals surface area contributed by atoms with Gasteiger partial charge in [0.25, 0.3) is 0 Å². The topological polar surface area (TPSA) is 43.8 Å². The number of aryl methyl sites for hydroxylation is 1. The van der Waals surface area contributed by atoms with Gasteiger partial charge in [0.05, 0.1) is 5.69 Å². The number of nitrogens with zero attached hydrogens (tertiary/aromatic N) is 2. The van der Waals surface area contributed by atoms with Gasteiger partial charge in [0.1, 0.15) is 0 Å². The maximum absolute atomic E-state index is 5.85. The summed E-state index contributed by atoms with van der Waals surface area (Å²) in [7, 11) is 1.93. The van der Waals surface area contributed by atoms with E-state index in [9.17, 15) is 0 Å². The van der Waals surface area contributed by atoms with E-state index in [0.29, 0.717) is 12.5 Å². The monoisotopic (exact) mass is 293 g/mol. The lowest BCUT2D eigenvalue weighted by Crippen LogP contribution is -2.15.